The monoisotopic (exact) mass is 418 g/mol. The van der Waals surface area contributed by atoms with Crippen molar-refractivity contribution in [2.45, 2.75) is 34.1 Å². The Kier molecular flexibility index (Phi) is 7.79. The Morgan fingerprint density at radius 3 is 2.92 bits per heavy atom. The van der Waals surface area contributed by atoms with Gasteiger partial charge in [0.05, 0.1) is 24.7 Å². The summed E-state index contributed by atoms with van der Waals surface area (Å²) in [6.07, 6.45) is 5.40. The number of nitrogens with one attached hydrogen (secondary N) is 2. The molecule has 1 aliphatic carbocycles. The number of amides is 1. The SMILES string of the molecule is CCOP(=S)(CC)CNSCNC(=O)OC1=C2OC=CC=C2CC1(C)C. The normalized spacial score (nSPS) is 20.1. The van der Waals surface area contributed by atoms with Gasteiger partial charge in [0.15, 0.2) is 11.5 Å². The van der Waals surface area contributed by atoms with Crippen molar-refractivity contribution in [3.63, 3.8) is 0 Å². The summed E-state index contributed by atoms with van der Waals surface area (Å²) in [7, 11) is 0. The molecule has 0 saturated carbocycles. The second-order valence-corrected chi connectivity index (χ2v) is 12.3. The zero-order valence-electron chi connectivity index (χ0n) is 15.7. The zero-order chi connectivity index (χ0) is 19.2. The van der Waals surface area contributed by atoms with Crippen LogP contribution in [0.2, 0.25) is 0 Å². The molecule has 1 atom stereocenters. The lowest BCUT2D eigenvalue weighted by atomic mass is 9.90. The summed E-state index contributed by atoms with van der Waals surface area (Å²) in [5.41, 5.74) is 0.776. The van der Waals surface area contributed by atoms with Crippen LogP contribution < -0.4 is 10.0 Å². The van der Waals surface area contributed by atoms with Crippen LogP contribution in [0.3, 0.4) is 0 Å². The van der Waals surface area contributed by atoms with Crippen LogP contribution in [-0.2, 0) is 25.8 Å². The molecule has 2 rings (SSSR count). The van der Waals surface area contributed by atoms with Crippen molar-refractivity contribution in [3.05, 3.63) is 35.5 Å². The third-order valence-electron chi connectivity index (χ3n) is 4.04. The van der Waals surface area contributed by atoms with Crippen molar-refractivity contribution in [1.82, 2.24) is 10.0 Å². The van der Waals surface area contributed by atoms with Gasteiger partial charge >= 0.3 is 6.09 Å². The predicted molar refractivity (Wildman–Crippen MR) is 110 cm³/mol. The van der Waals surface area contributed by atoms with E-state index in [9.17, 15) is 4.79 Å². The molecule has 9 heteroatoms. The van der Waals surface area contributed by atoms with Crippen LogP contribution in [-0.4, -0.2) is 31.0 Å². The fourth-order valence-corrected chi connectivity index (χ4v) is 5.91. The van der Waals surface area contributed by atoms with Gasteiger partial charge in [0.1, 0.15) is 0 Å². The van der Waals surface area contributed by atoms with Crippen molar-refractivity contribution in [2.75, 3.05) is 24.9 Å². The molecule has 2 N–H and O–H groups in total. The number of hydrogen-bond acceptors (Lipinski definition) is 7. The molecule has 0 aromatic rings. The molecule has 0 fully saturated rings. The largest absolute Gasteiger partial charge is 0.461 e. The van der Waals surface area contributed by atoms with E-state index in [2.05, 4.69) is 10.0 Å². The van der Waals surface area contributed by atoms with Gasteiger partial charge in [0, 0.05) is 12.0 Å². The summed E-state index contributed by atoms with van der Waals surface area (Å²) >= 11 is 6.93. The topological polar surface area (TPSA) is 68.8 Å². The summed E-state index contributed by atoms with van der Waals surface area (Å²) in [6, 6.07) is 0. The third kappa shape index (κ3) is 5.60. The van der Waals surface area contributed by atoms with E-state index >= 15 is 0 Å². The van der Waals surface area contributed by atoms with E-state index in [4.69, 9.17) is 25.8 Å². The molecule has 0 radical (unpaired) electrons. The van der Waals surface area contributed by atoms with E-state index in [1.54, 1.807) is 6.26 Å². The first-order valence-corrected chi connectivity index (χ1v) is 12.7. The van der Waals surface area contributed by atoms with Crippen LogP contribution in [0, 0.1) is 5.41 Å². The second kappa shape index (κ2) is 9.42. The molecule has 1 amide bonds. The molecule has 6 nitrogen and oxygen atoms in total. The molecular weight excluding hydrogens is 391 g/mol. The van der Waals surface area contributed by atoms with Gasteiger partial charge in [-0.3, -0.25) is 4.72 Å². The molecule has 146 valence electrons. The van der Waals surface area contributed by atoms with Gasteiger partial charge in [-0.1, -0.05) is 50.6 Å². The van der Waals surface area contributed by atoms with Gasteiger partial charge in [-0.05, 0) is 31.2 Å². The first-order chi connectivity index (χ1) is 12.3. The summed E-state index contributed by atoms with van der Waals surface area (Å²) < 4.78 is 20.0. The number of rotatable bonds is 9. The highest BCUT2D eigenvalue weighted by Gasteiger charge is 2.40. The van der Waals surface area contributed by atoms with Gasteiger partial charge in [-0.25, -0.2) is 4.79 Å². The minimum Gasteiger partial charge on any atom is -0.461 e. The van der Waals surface area contributed by atoms with Crippen molar-refractivity contribution in [2.24, 2.45) is 5.41 Å². The number of allylic oxidation sites excluding steroid dienone is 4. The van der Waals surface area contributed by atoms with E-state index < -0.39 is 12.4 Å². The molecule has 1 aliphatic heterocycles. The minimum atomic E-state index is -1.80. The van der Waals surface area contributed by atoms with E-state index in [-0.39, 0.29) is 5.41 Å². The Morgan fingerprint density at radius 2 is 2.23 bits per heavy atom. The first kappa shape index (κ1) is 21.5. The number of fused-ring (bicyclic) bond motifs is 1. The molecule has 0 bridgehead atoms. The number of hydrogen-bond donors (Lipinski definition) is 2. The lowest BCUT2D eigenvalue weighted by Gasteiger charge is -2.21. The Hall–Kier alpha value is -0.790. The fraction of sp³-hybridized carbons (Fsp3) is 0.588. The van der Waals surface area contributed by atoms with Crippen LogP contribution >= 0.6 is 18.2 Å². The molecule has 1 unspecified atom stereocenters. The number of ether oxygens (including phenoxy) is 2. The Balaban J connectivity index is 1.78. The Morgan fingerprint density at radius 1 is 1.46 bits per heavy atom. The molecule has 0 saturated heterocycles. The van der Waals surface area contributed by atoms with E-state index in [0.717, 1.165) is 18.2 Å². The molecule has 0 aromatic carbocycles. The van der Waals surface area contributed by atoms with Crippen molar-refractivity contribution < 1.29 is 18.8 Å². The highest BCUT2D eigenvalue weighted by molar-refractivity contribution is 8.12. The van der Waals surface area contributed by atoms with Crippen LogP contribution in [0.25, 0.3) is 0 Å². The highest BCUT2D eigenvalue weighted by atomic mass is 32.4. The van der Waals surface area contributed by atoms with E-state index in [0.29, 0.717) is 30.3 Å². The maximum Gasteiger partial charge on any atom is 0.413 e. The lowest BCUT2D eigenvalue weighted by molar-refractivity contribution is 0.148. The predicted octanol–water partition coefficient (Wildman–Crippen LogP) is 4.43. The summed E-state index contributed by atoms with van der Waals surface area (Å²) in [5.74, 6) is 1.59. The minimum absolute atomic E-state index is 0.277. The maximum absolute atomic E-state index is 12.1. The molecule has 2 aliphatic rings. The lowest BCUT2D eigenvalue weighted by Crippen LogP contribution is -2.28. The number of carbonyl (C=O) groups excluding carboxylic acids is 1. The van der Waals surface area contributed by atoms with Crippen molar-refractivity contribution >= 4 is 36.1 Å². The first-order valence-electron chi connectivity index (χ1n) is 8.62. The summed E-state index contributed by atoms with van der Waals surface area (Å²) in [6.45, 7) is 8.69. The summed E-state index contributed by atoms with van der Waals surface area (Å²) in [5, 5.41) is 2.73. The molecule has 1 heterocycles. The van der Waals surface area contributed by atoms with Gasteiger partial charge in [-0.15, -0.1) is 0 Å². The van der Waals surface area contributed by atoms with Crippen LogP contribution in [0.5, 0.6) is 0 Å². The highest BCUT2D eigenvalue weighted by Crippen LogP contribution is 2.47. The standard InChI is InChI=1S/C17H27N2O4PS2/c1-5-22-24(25,6-2)11-19-26-12-18-16(20)23-15-14-13(8-7-9-21-14)10-17(15,3)4/h7-9,19H,5-6,10-12H2,1-4H3,(H,18,20). The maximum atomic E-state index is 12.1. The van der Waals surface area contributed by atoms with Crippen LogP contribution in [0.1, 0.15) is 34.1 Å². The van der Waals surface area contributed by atoms with E-state index in [1.165, 1.54) is 11.9 Å². The molecular formula is C17H27N2O4PS2. The average molecular weight is 419 g/mol. The van der Waals surface area contributed by atoms with Crippen molar-refractivity contribution in [1.29, 1.82) is 0 Å². The fourth-order valence-electron chi connectivity index (χ4n) is 2.70. The smallest absolute Gasteiger partial charge is 0.413 e. The quantitative estimate of drug-likeness (QED) is 0.248. The average Bonchev–Trinajstić information content (AvgIpc) is 2.85. The Labute approximate surface area is 165 Å². The number of carbonyl (C=O) groups is 1. The van der Waals surface area contributed by atoms with Gasteiger partial charge in [0.2, 0.25) is 0 Å². The Bertz CT molecular complexity index is 674. The van der Waals surface area contributed by atoms with Crippen molar-refractivity contribution in [3.8, 4) is 0 Å². The number of alkyl carbamates (subject to hydrolysis) is 1. The van der Waals surface area contributed by atoms with Gasteiger partial charge in [-0.2, -0.15) is 0 Å². The van der Waals surface area contributed by atoms with Gasteiger partial charge < -0.3 is 19.3 Å². The van der Waals surface area contributed by atoms with E-state index in [1.807, 2.05) is 39.8 Å². The van der Waals surface area contributed by atoms with Crippen LogP contribution in [0.15, 0.2) is 35.5 Å². The van der Waals surface area contributed by atoms with Crippen LogP contribution in [0.4, 0.5) is 4.79 Å². The zero-order valence-corrected chi connectivity index (χ0v) is 18.2. The van der Waals surface area contributed by atoms with Gasteiger partial charge in [0.25, 0.3) is 0 Å². The third-order valence-corrected chi connectivity index (χ3v) is 8.71. The summed E-state index contributed by atoms with van der Waals surface area (Å²) in [4.78, 5) is 12.1. The molecule has 0 aromatic heterocycles. The molecule has 26 heavy (non-hydrogen) atoms. The second-order valence-electron chi connectivity index (χ2n) is 6.56. The molecule has 0 spiro atoms.